The minimum atomic E-state index is -2.90. The zero-order valence-electron chi connectivity index (χ0n) is 8.79. The monoisotopic (exact) mass is 207 g/mol. The van der Waals surface area contributed by atoms with E-state index in [4.69, 9.17) is 5.73 Å². The average molecular weight is 207 g/mol. The van der Waals surface area contributed by atoms with Crippen LogP contribution in [-0.4, -0.2) is 26.0 Å². The van der Waals surface area contributed by atoms with Gasteiger partial charge in [-0.05, 0) is 19.3 Å². The molecule has 0 fully saturated rings. The standard InChI is InChI=1S/C9H21NO2S/c1-8(2)5-4-6-13(11,12)7-9(3)10/h8-9H,4-7,10H2,1-3H3. The zero-order chi connectivity index (χ0) is 10.5. The first-order valence-corrected chi connectivity index (χ1v) is 6.61. The van der Waals surface area contributed by atoms with Crippen molar-refractivity contribution in [2.45, 2.75) is 39.7 Å². The molecule has 0 spiro atoms. The predicted octanol–water partition coefficient (Wildman–Crippen LogP) is 1.18. The molecule has 0 bridgehead atoms. The first-order valence-electron chi connectivity index (χ1n) is 4.79. The number of nitrogens with two attached hydrogens (primary N) is 1. The molecule has 0 aliphatic heterocycles. The molecule has 0 aromatic carbocycles. The van der Waals surface area contributed by atoms with Crippen molar-refractivity contribution in [2.24, 2.45) is 11.7 Å². The Morgan fingerprint density at radius 1 is 1.23 bits per heavy atom. The SMILES string of the molecule is CC(C)CCCS(=O)(=O)CC(C)N. The molecule has 1 unspecified atom stereocenters. The van der Waals surface area contributed by atoms with Crippen molar-refractivity contribution >= 4 is 9.84 Å². The number of rotatable bonds is 6. The lowest BCUT2D eigenvalue weighted by molar-refractivity contribution is 0.557. The van der Waals surface area contributed by atoms with Crippen molar-refractivity contribution < 1.29 is 8.42 Å². The predicted molar refractivity (Wildman–Crippen MR) is 56.4 cm³/mol. The molecule has 13 heavy (non-hydrogen) atoms. The molecule has 0 rings (SSSR count). The van der Waals surface area contributed by atoms with Crippen molar-refractivity contribution in [3.63, 3.8) is 0 Å². The Morgan fingerprint density at radius 2 is 1.77 bits per heavy atom. The third-order valence-corrected chi connectivity index (χ3v) is 3.70. The summed E-state index contributed by atoms with van der Waals surface area (Å²) in [6.45, 7) is 5.91. The van der Waals surface area contributed by atoms with E-state index in [1.807, 2.05) is 0 Å². The summed E-state index contributed by atoms with van der Waals surface area (Å²) in [6, 6.07) is -0.246. The van der Waals surface area contributed by atoms with Crippen LogP contribution in [0.1, 0.15) is 33.6 Å². The van der Waals surface area contributed by atoms with E-state index in [1.165, 1.54) is 0 Å². The summed E-state index contributed by atoms with van der Waals surface area (Å²) in [5.74, 6) is 0.975. The number of hydrogen-bond acceptors (Lipinski definition) is 3. The van der Waals surface area contributed by atoms with E-state index in [0.29, 0.717) is 5.92 Å². The molecular weight excluding hydrogens is 186 g/mol. The lowest BCUT2D eigenvalue weighted by Gasteiger charge is -2.07. The Hall–Kier alpha value is -0.0900. The molecule has 0 aromatic rings. The summed E-state index contributed by atoms with van der Waals surface area (Å²) in [5.41, 5.74) is 5.43. The van der Waals surface area contributed by atoms with Crippen LogP contribution in [0.4, 0.5) is 0 Å². The van der Waals surface area contributed by atoms with Crippen molar-refractivity contribution in [3.05, 3.63) is 0 Å². The summed E-state index contributed by atoms with van der Waals surface area (Å²) in [5, 5.41) is 0. The Morgan fingerprint density at radius 3 is 2.15 bits per heavy atom. The molecule has 0 aromatic heterocycles. The fraction of sp³-hybridized carbons (Fsp3) is 1.00. The highest BCUT2D eigenvalue weighted by Crippen LogP contribution is 2.06. The van der Waals surface area contributed by atoms with Gasteiger partial charge in [0.15, 0.2) is 9.84 Å². The first-order chi connectivity index (χ1) is 5.83. The number of hydrogen-bond donors (Lipinski definition) is 1. The van der Waals surface area contributed by atoms with Gasteiger partial charge in [-0.3, -0.25) is 0 Å². The van der Waals surface area contributed by atoms with Gasteiger partial charge in [-0.15, -0.1) is 0 Å². The maximum absolute atomic E-state index is 11.3. The van der Waals surface area contributed by atoms with Crippen LogP contribution in [0.25, 0.3) is 0 Å². The Bertz CT molecular complexity index is 220. The van der Waals surface area contributed by atoms with Gasteiger partial charge in [0.2, 0.25) is 0 Å². The van der Waals surface area contributed by atoms with Crippen LogP contribution in [0.2, 0.25) is 0 Å². The molecule has 2 N–H and O–H groups in total. The Kier molecular flexibility index (Phi) is 5.56. The molecule has 0 amide bonds. The van der Waals surface area contributed by atoms with Crippen LogP contribution < -0.4 is 5.73 Å². The van der Waals surface area contributed by atoms with Crippen LogP contribution in [-0.2, 0) is 9.84 Å². The molecule has 80 valence electrons. The summed E-state index contributed by atoms with van der Waals surface area (Å²) in [6.07, 6.45) is 1.73. The van der Waals surface area contributed by atoms with Gasteiger partial charge in [0.05, 0.1) is 11.5 Å². The fourth-order valence-corrected chi connectivity index (χ4v) is 2.77. The molecule has 0 saturated heterocycles. The minimum Gasteiger partial charge on any atom is -0.327 e. The number of sulfone groups is 1. The van der Waals surface area contributed by atoms with Gasteiger partial charge < -0.3 is 5.73 Å². The van der Waals surface area contributed by atoms with Crippen LogP contribution in [0, 0.1) is 5.92 Å². The molecule has 0 heterocycles. The Balaban J connectivity index is 3.77. The van der Waals surface area contributed by atoms with E-state index in [0.717, 1.165) is 12.8 Å². The molecule has 0 radical (unpaired) electrons. The molecule has 3 nitrogen and oxygen atoms in total. The van der Waals surface area contributed by atoms with E-state index in [9.17, 15) is 8.42 Å². The van der Waals surface area contributed by atoms with Crippen molar-refractivity contribution in [1.82, 2.24) is 0 Å². The normalized spacial score (nSPS) is 14.8. The van der Waals surface area contributed by atoms with Crippen molar-refractivity contribution in [1.29, 1.82) is 0 Å². The van der Waals surface area contributed by atoms with Gasteiger partial charge in [-0.25, -0.2) is 8.42 Å². The highest BCUT2D eigenvalue weighted by Gasteiger charge is 2.12. The molecule has 0 aliphatic carbocycles. The van der Waals surface area contributed by atoms with Gasteiger partial charge in [-0.2, -0.15) is 0 Å². The average Bonchev–Trinajstić information content (AvgIpc) is 1.81. The van der Waals surface area contributed by atoms with Gasteiger partial charge in [-0.1, -0.05) is 20.3 Å². The third kappa shape index (κ3) is 8.25. The van der Waals surface area contributed by atoms with E-state index >= 15 is 0 Å². The quantitative estimate of drug-likeness (QED) is 0.711. The molecule has 0 saturated carbocycles. The molecular formula is C9H21NO2S. The summed E-state index contributed by atoms with van der Waals surface area (Å²) < 4.78 is 22.7. The zero-order valence-corrected chi connectivity index (χ0v) is 9.60. The van der Waals surface area contributed by atoms with Crippen LogP contribution in [0.15, 0.2) is 0 Å². The van der Waals surface area contributed by atoms with E-state index < -0.39 is 9.84 Å². The lowest BCUT2D eigenvalue weighted by atomic mass is 10.1. The molecule has 0 aliphatic rings. The summed E-state index contributed by atoms with van der Waals surface area (Å²) in [7, 11) is -2.90. The highest BCUT2D eigenvalue weighted by molar-refractivity contribution is 7.91. The minimum absolute atomic E-state index is 0.116. The second-order valence-electron chi connectivity index (χ2n) is 4.13. The summed E-state index contributed by atoms with van der Waals surface area (Å²) in [4.78, 5) is 0. The first kappa shape index (κ1) is 12.9. The third-order valence-electron chi connectivity index (χ3n) is 1.75. The molecule has 1 atom stereocenters. The van der Waals surface area contributed by atoms with E-state index in [2.05, 4.69) is 13.8 Å². The van der Waals surface area contributed by atoms with E-state index in [-0.39, 0.29) is 17.5 Å². The maximum Gasteiger partial charge on any atom is 0.151 e. The topological polar surface area (TPSA) is 60.2 Å². The van der Waals surface area contributed by atoms with Gasteiger partial charge >= 0.3 is 0 Å². The van der Waals surface area contributed by atoms with Gasteiger partial charge in [0.25, 0.3) is 0 Å². The van der Waals surface area contributed by atoms with Crippen molar-refractivity contribution in [3.8, 4) is 0 Å². The second-order valence-corrected chi connectivity index (χ2v) is 6.36. The van der Waals surface area contributed by atoms with Crippen molar-refractivity contribution in [2.75, 3.05) is 11.5 Å². The van der Waals surface area contributed by atoms with Crippen LogP contribution >= 0.6 is 0 Å². The second kappa shape index (κ2) is 5.60. The van der Waals surface area contributed by atoms with Gasteiger partial charge in [0, 0.05) is 6.04 Å². The lowest BCUT2D eigenvalue weighted by Crippen LogP contribution is -2.27. The smallest absolute Gasteiger partial charge is 0.151 e. The largest absolute Gasteiger partial charge is 0.327 e. The van der Waals surface area contributed by atoms with E-state index in [1.54, 1.807) is 6.92 Å². The Labute approximate surface area is 81.6 Å². The highest BCUT2D eigenvalue weighted by atomic mass is 32.2. The van der Waals surface area contributed by atoms with Crippen LogP contribution in [0.5, 0.6) is 0 Å². The maximum atomic E-state index is 11.3. The fourth-order valence-electron chi connectivity index (χ4n) is 1.20. The summed E-state index contributed by atoms with van der Waals surface area (Å²) >= 11 is 0. The molecule has 4 heteroatoms. The van der Waals surface area contributed by atoms with Crippen LogP contribution in [0.3, 0.4) is 0 Å². The van der Waals surface area contributed by atoms with Gasteiger partial charge in [0.1, 0.15) is 0 Å².